The van der Waals surface area contributed by atoms with E-state index in [0.717, 1.165) is 22.3 Å². The van der Waals surface area contributed by atoms with Gasteiger partial charge in [-0.3, -0.25) is 4.79 Å². The van der Waals surface area contributed by atoms with Crippen LogP contribution in [-0.2, 0) is 20.0 Å². The predicted octanol–water partition coefficient (Wildman–Crippen LogP) is 4.52. The van der Waals surface area contributed by atoms with Crippen molar-refractivity contribution in [2.75, 3.05) is 6.54 Å². The molecule has 1 amide bonds. The summed E-state index contributed by atoms with van der Waals surface area (Å²) in [5.74, 6) is 0.0415. The second kappa shape index (κ2) is 7.76. The Hall–Kier alpha value is -2.92. The summed E-state index contributed by atoms with van der Waals surface area (Å²) in [4.78, 5) is 19.6. The van der Waals surface area contributed by atoms with Crippen LogP contribution in [-0.4, -0.2) is 26.9 Å². The molecule has 0 radical (unpaired) electrons. The van der Waals surface area contributed by atoms with Crippen molar-refractivity contribution in [1.29, 1.82) is 0 Å². The van der Waals surface area contributed by atoms with Gasteiger partial charge in [0, 0.05) is 36.1 Å². The number of thiazole rings is 1. The van der Waals surface area contributed by atoms with Gasteiger partial charge in [-0.05, 0) is 24.1 Å². The maximum atomic E-state index is 13.4. The van der Waals surface area contributed by atoms with Crippen molar-refractivity contribution >= 4 is 28.1 Å². The highest BCUT2D eigenvalue weighted by molar-refractivity contribution is 7.09. The lowest BCUT2D eigenvalue weighted by molar-refractivity contribution is 0.0736. The summed E-state index contributed by atoms with van der Waals surface area (Å²) in [7, 11) is 1.95. The van der Waals surface area contributed by atoms with Crippen LogP contribution in [0, 0.1) is 0 Å². The molecule has 0 bridgehead atoms. The number of para-hydroxylation sites is 1. The summed E-state index contributed by atoms with van der Waals surface area (Å²) in [6.07, 6.45) is 2.61. The number of hydrogen-bond acceptors (Lipinski definition) is 3. The Bertz CT molecular complexity index is 1040. The SMILES string of the molecule is Cn1c(C(=O)N(CCc2ccccc2)Cc2nccs2)cc2ccccc21. The van der Waals surface area contributed by atoms with Crippen molar-refractivity contribution in [3.8, 4) is 0 Å². The first kappa shape index (κ1) is 17.5. The molecule has 2 heterocycles. The van der Waals surface area contributed by atoms with Crippen molar-refractivity contribution in [1.82, 2.24) is 14.5 Å². The van der Waals surface area contributed by atoms with Crippen LogP contribution in [0.15, 0.2) is 72.2 Å². The summed E-state index contributed by atoms with van der Waals surface area (Å²) in [5.41, 5.74) is 3.01. The minimum Gasteiger partial charge on any atom is -0.340 e. The molecule has 0 fully saturated rings. The van der Waals surface area contributed by atoms with Crippen LogP contribution in [0.1, 0.15) is 21.1 Å². The Balaban J connectivity index is 1.61. The van der Waals surface area contributed by atoms with Crippen LogP contribution in [0.2, 0.25) is 0 Å². The van der Waals surface area contributed by atoms with Gasteiger partial charge in [-0.2, -0.15) is 0 Å². The minimum atomic E-state index is 0.0415. The van der Waals surface area contributed by atoms with Gasteiger partial charge < -0.3 is 9.47 Å². The molecular formula is C22H21N3OS. The molecule has 0 N–H and O–H groups in total. The first-order chi connectivity index (χ1) is 13.2. The van der Waals surface area contributed by atoms with Crippen LogP contribution >= 0.6 is 11.3 Å². The Labute approximate surface area is 162 Å². The molecule has 2 aromatic carbocycles. The highest BCUT2D eigenvalue weighted by atomic mass is 32.1. The zero-order valence-electron chi connectivity index (χ0n) is 15.2. The van der Waals surface area contributed by atoms with E-state index in [4.69, 9.17) is 0 Å². The summed E-state index contributed by atoms with van der Waals surface area (Å²) < 4.78 is 1.98. The normalized spacial score (nSPS) is 11.0. The Kier molecular flexibility index (Phi) is 5.03. The van der Waals surface area contributed by atoms with E-state index in [2.05, 4.69) is 17.1 Å². The van der Waals surface area contributed by atoms with E-state index in [1.165, 1.54) is 5.56 Å². The van der Waals surface area contributed by atoms with E-state index in [-0.39, 0.29) is 5.91 Å². The third-order valence-electron chi connectivity index (χ3n) is 4.78. The average Bonchev–Trinajstić information content (AvgIpc) is 3.34. The van der Waals surface area contributed by atoms with E-state index >= 15 is 0 Å². The van der Waals surface area contributed by atoms with Crippen molar-refractivity contribution in [2.45, 2.75) is 13.0 Å². The molecule has 2 aromatic heterocycles. The number of hydrogen-bond donors (Lipinski definition) is 0. The average molecular weight is 375 g/mol. The first-order valence-corrected chi connectivity index (χ1v) is 9.86. The van der Waals surface area contributed by atoms with E-state index in [9.17, 15) is 4.79 Å². The molecule has 27 heavy (non-hydrogen) atoms. The summed E-state index contributed by atoms with van der Waals surface area (Å²) in [5, 5.41) is 3.99. The Morgan fingerprint density at radius 2 is 1.89 bits per heavy atom. The van der Waals surface area contributed by atoms with Gasteiger partial charge in [-0.15, -0.1) is 11.3 Å². The Morgan fingerprint density at radius 3 is 2.63 bits per heavy atom. The van der Waals surface area contributed by atoms with Crippen molar-refractivity contribution < 1.29 is 4.79 Å². The van der Waals surface area contributed by atoms with E-state index < -0.39 is 0 Å². The van der Waals surface area contributed by atoms with Gasteiger partial charge in [-0.1, -0.05) is 48.5 Å². The number of amides is 1. The number of carbonyl (C=O) groups excluding carboxylic acids is 1. The molecule has 136 valence electrons. The van der Waals surface area contributed by atoms with Gasteiger partial charge >= 0.3 is 0 Å². The van der Waals surface area contributed by atoms with E-state index in [1.54, 1.807) is 17.5 Å². The molecule has 5 heteroatoms. The molecule has 0 saturated carbocycles. The molecule has 0 aliphatic heterocycles. The van der Waals surface area contributed by atoms with Crippen LogP contribution < -0.4 is 0 Å². The summed E-state index contributed by atoms with van der Waals surface area (Å²) in [6.45, 7) is 1.19. The van der Waals surface area contributed by atoms with E-state index in [1.807, 2.05) is 70.4 Å². The van der Waals surface area contributed by atoms with Crippen LogP contribution in [0.3, 0.4) is 0 Å². The third-order valence-corrected chi connectivity index (χ3v) is 5.55. The quantitative estimate of drug-likeness (QED) is 0.497. The number of carbonyl (C=O) groups is 1. The highest BCUT2D eigenvalue weighted by Gasteiger charge is 2.21. The fourth-order valence-corrected chi connectivity index (χ4v) is 3.94. The standard InChI is InChI=1S/C22H21N3OS/c1-24-19-10-6-5-9-18(19)15-20(24)22(26)25(16-21-23-12-14-27-21)13-11-17-7-3-2-4-8-17/h2-10,12,14-15H,11,13,16H2,1H3. The van der Waals surface area contributed by atoms with Gasteiger partial charge in [0.25, 0.3) is 5.91 Å². The number of aromatic nitrogens is 2. The number of rotatable bonds is 6. The number of aryl methyl sites for hydroxylation is 1. The molecular weight excluding hydrogens is 354 g/mol. The maximum Gasteiger partial charge on any atom is 0.270 e. The van der Waals surface area contributed by atoms with Crippen LogP contribution in [0.4, 0.5) is 0 Å². The lowest BCUT2D eigenvalue weighted by Crippen LogP contribution is -2.33. The molecule has 0 unspecified atom stereocenters. The second-order valence-corrected chi connectivity index (χ2v) is 7.51. The fourth-order valence-electron chi connectivity index (χ4n) is 3.31. The Morgan fingerprint density at radius 1 is 1.11 bits per heavy atom. The molecule has 0 aliphatic rings. The molecule has 4 rings (SSSR count). The van der Waals surface area contributed by atoms with Crippen LogP contribution in [0.5, 0.6) is 0 Å². The van der Waals surface area contributed by atoms with Gasteiger partial charge in [0.2, 0.25) is 0 Å². The fraction of sp³-hybridized carbons (Fsp3) is 0.182. The van der Waals surface area contributed by atoms with Crippen molar-refractivity contribution in [3.05, 3.63) is 88.5 Å². The largest absolute Gasteiger partial charge is 0.340 e. The molecule has 0 atom stereocenters. The molecule has 4 aromatic rings. The highest BCUT2D eigenvalue weighted by Crippen LogP contribution is 2.21. The molecule has 0 saturated heterocycles. The van der Waals surface area contributed by atoms with Gasteiger partial charge in [0.1, 0.15) is 10.7 Å². The number of fused-ring (bicyclic) bond motifs is 1. The maximum absolute atomic E-state index is 13.4. The zero-order valence-corrected chi connectivity index (χ0v) is 16.0. The van der Waals surface area contributed by atoms with Crippen molar-refractivity contribution in [2.24, 2.45) is 7.05 Å². The van der Waals surface area contributed by atoms with E-state index in [0.29, 0.717) is 18.8 Å². The number of benzene rings is 2. The monoisotopic (exact) mass is 375 g/mol. The third kappa shape index (κ3) is 3.78. The molecule has 4 nitrogen and oxygen atoms in total. The lowest BCUT2D eigenvalue weighted by atomic mass is 10.1. The molecule has 0 aliphatic carbocycles. The van der Waals surface area contributed by atoms with Crippen LogP contribution in [0.25, 0.3) is 10.9 Å². The van der Waals surface area contributed by atoms with Gasteiger partial charge in [0.05, 0.1) is 6.54 Å². The zero-order chi connectivity index (χ0) is 18.6. The van der Waals surface area contributed by atoms with Crippen molar-refractivity contribution in [3.63, 3.8) is 0 Å². The molecule has 0 spiro atoms. The first-order valence-electron chi connectivity index (χ1n) is 8.98. The van der Waals surface area contributed by atoms with Gasteiger partial charge in [-0.25, -0.2) is 4.98 Å². The summed E-state index contributed by atoms with van der Waals surface area (Å²) in [6, 6.07) is 20.3. The second-order valence-electron chi connectivity index (χ2n) is 6.54. The topological polar surface area (TPSA) is 38.1 Å². The van der Waals surface area contributed by atoms with Gasteiger partial charge in [0.15, 0.2) is 0 Å². The number of nitrogens with zero attached hydrogens (tertiary/aromatic N) is 3. The lowest BCUT2D eigenvalue weighted by Gasteiger charge is -2.22. The minimum absolute atomic E-state index is 0.0415. The predicted molar refractivity (Wildman–Crippen MR) is 110 cm³/mol. The summed E-state index contributed by atoms with van der Waals surface area (Å²) >= 11 is 1.58. The smallest absolute Gasteiger partial charge is 0.270 e.